The number of nitrogens with one attached hydrogen (secondary N) is 2. The third-order valence-electron chi connectivity index (χ3n) is 3.29. The van der Waals surface area contributed by atoms with Gasteiger partial charge in [0.05, 0.1) is 0 Å². The van der Waals surface area contributed by atoms with Gasteiger partial charge in [-0.2, -0.15) is 0 Å². The highest BCUT2D eigenvalue weighted by Gasteiger charge is 2.20. The average molecular weight is 314 g/mol. The quantitative estimate of drug-likeness (QED) is 0.847. The van der Waals surface area contributed by atoms with Crippen LogP contribution in [-0.2, 0) is 9.53 Å². The molecule has 0 saturated carbocycles. The second kappa shape index (κ2) is 6.91. The van der Waals surface area contributed by atoms with Crippen LogP contribution >= 0.6 is 0 Å². The summed E-state index contributed by atoms with van der Waals surface area (Å²) >= 11 is 0. The van der Waals surface area contributed by atoms with Crippen LogP contribution in [0.1, 0.15) is 28.5 Å². The molecule has 1 unspecified atom stereocenters. The molecule has 120 valence electrons. The maximum absolute atomic E-state index is 12.1. The van der Waals surface area contributed by atoms with Crippen molar-refractivity contribution in [3.05, 3.63) is 63.6 Å². The van der Waals surface area contributed by atoms with Crippen LogP contribution in [0, 0.1) is 13.8 Å². The summed E-state index contributed by atoms with van der Waals surface area (Å²) in [6.07, 6.45) is -0.994. The Morgan fingerprint density at radius 2 is 1.91 bits per heavy atom. The smallest absolute Gasteiger partial charge is 0.355 e. The standard InChI is InChI=1S/C17H18N2O4/c1-10-7-8-11(2)14(9-10)19-16(21)12(3)23-17(22)13-5-4-6-15(20)18-13/h4-9,12H,1-3H3,(H,18,20)(H,19,21). The molecule has 6 nitrogen and oxygen atoms in total. The van der Waals surface area contributed by atoms with Crippen molar-refractivity contribution in [2.45, 2.75) is 26.9 Å². The zero-order valence-electron chi connectivity index (χ0n) is 13.2. The lowest BCUT2D eigenvalue weighted by Crippen LogP contribution is -2.30. The van der Waals surface area contributed by atoms with Crippen molar-refractivity contribution >= 4 is 17.6 Å². The molecule has 1 aromatic heterocycles. The summed E-state index contributed by atoms with van der Waals surface area (Å²) < 4.78 is 5.07. The number of ether oxygens (including phenoxy) is 1. The van der Waals surface area contributed by atoms with E-state index >= 15 is 0 Å². The van der Waals surface area contributed by atoms with Crippen LogP contribution in [0.15, 0.2) is 41.2 Å². The Hall–Kier alpha value is -2.89. The Kier molecular flexibility index (Phi) is 4.95. The molecule has 0 aliphatic carbocycles. The molecule has 0 spiro atoms. The van der Waals surface area contributed by atoms with Gasteiger partial charge in [-0.15, -0.1) is 0 Å². The van der Waals surface area contributed by atoms with E-state index in [9.17, 15) is 14.4 Å². The highest BCUT2D eigenvalue weighted by atomic mass is 16.5. The number of hydrogen-bond acceptors (Lipinski definition) is 4. The molecule has 2 aromatic rings. The number of carbonyl (C=O) groups is 2. The minimum absolute atomic E-state index is 0.00360. The number of anilines is 1. The third-order valence-corrected chi connectivity index (χ3v) is 3.29. The molecule has 1 heterocycles. The fourth-order valence-electron chi connectivity index (χ4n) is 1.95. The molecule has 2 N–H and O–H groups in total. The summed E-state index contributed by atoms with van der Waals surface area (Å²) in [5, 5.41) is 2.73. The number of hydrogen-bond donors (Lipinski definition) is 2. The van der Waals surface area contributed by atoms with Crippen molar-refractivity contribution in [2.75, 3.05) is 5.32 Å². The molecule has 0 aliphatic rings. The first kappa shape index (κ1) is 16.5. The molecule has 0 bridgehead atoms. The van der Waals surface area contributed by atoms with Gasteiger partial charge in [-0.3, -0.25) is 9.59 Å². The van der Waals surface area contributed by atoms with Crippen molar-refractivity contribution in [3.8, 4) is 0 Å². The summed E-state index contributed by atoms with van der Waals surface area (Å²) in [4.78, 5) is 37.6. The maximum atomic E-state index is 12.1. The fraction of sp³-hybridized carbons (Fsp3) is 0.235. The van der Waals surface area contributed by atoms with Gasteiger partial charge in [-0.05, 0) is 44.0 Å². The molecular formula is C17H18N2O4. The van der Waals surface area contributed by atoms with E-state index < -0.39 is 23.5 Å². The van der Waals surface area contributed by atoms with E-state index in [1.54, 1.807) is 0 Å². The molecule has 1 aromatic carbocycles. The molecule has 1 amide bonds. The normalized spacial score (nSPS) is 11.6. The molecule has 0 fully saturated rings. The van der Waals surface area contributed by atoms with Gasteiger partial charge in [0.25, 0.3) is 5.91 Å². The molecule has 6 heteroatoms. The van der Waals surface area contributed by atoms with Crippen LogP contribution in [0.5, 0.6) is 0 Å². The number of rotatable bonds is 4. The van der Waals surface area contributed by atoms with E-state index in [0.29, 0.717) is 5.69 Å². The van der Waals surface area contributed by atoms with E-state index in [-0.39, 0.29) is 5.69 Å². The second-order valence-corrected chi connectivity index (χ2v) is 5.28. The van der Waals surface area contributed by atoms with Crippen LogP contribution in [0.25, 0.3) is 0 Å². The number of carbonyl (C=O) groups excluding carboxylic acids is 2. The minimum atomic E-state index is -0.994. The lowest BCUT2D eigenvalue weighted by molar-refractivity contribution is -0.123. The Labute approximate surface area is 133 Å². The Bertz CT molecular complexity index is 795. The third kappa shape index (κ3) is 4.29. The van der Waals surface area contributed by atoms with E-state index in [0.717, 1.165) is 11.1 Å². The van der Waals surface area contributed by atoms with Crippen molar-refractivity contribution in [1.29, 1.82) is 0 Å². The van der Waals surface area contributed by atoms with Crippen LogP contribution in [0.2, 0.25) is 0 Å². The van der Waals surface area contributed by atoms with Crippen molar-refractivity contribution in [3.63, 3.8) is 0 Å². The first-order valence-electron chi connectivity index (χ1n) is 7.15. The molecule has 0 radical (unpaired) electrons. The SMILES string of the molecule is Cc1ccc(C)c(NC(=O)C(C)OC(=O)c2cccc(=O)[nH]2)c1. The molecule has 1 atom stereocenters. The zero-order valence-corrected chi connectivity index (χ0v) is 13.2. The lowest BCUT2D eigenvalue weighted by atomic mass is 10.1. The molecule has 0 aliphatic heterocycles. The average Bonchev–Trinajstić information content (AvgIpc) is 2.50. The first-order valence-corrected chi connectivity index (χ1v) is 7.15. The molecule has 2 rings (SSSR count). The fourth-order valence-corrected chi connectivity index (χ4v) is 1.95. The van der Waals surface area contributed by atoms with E-state index in [4.69, 9.17) is 4.74 Å². The molecule has 23 heavy (non-hydrogen) atoms. The number of pyridine rings is 1. The summed E-state index contributed by atoms with van der Waals surface area (Å²) in [6.45, 7) is 5.27. The van der Waals surface area contributed by atoms with E-state index in [1.165, 1.54) is 25.1 Å². The number of H-pyrrole nitrogens is 1. The lowest BCUT2D eigenvalue weighted by Gasteiger charge is -2.15. The van der Waals surface area contributed by atoms with Crippen molar-refractivity contribution < 1.29 is 14.3 Å². The Morgan fingerprint density at radius 1 is 1.17 bits per heavy atom. The number of benzene rings is 1. The van der Waals surface area contributed by atoms with Gasteiger partial charge in [0.2, 0.25) is 5.56 Å². The Morgan fingerprint density at radius 3 is 2.61 bits per heavy atom. The molecular weight excluding hydrogens is 296 g/mol. The number of aromatic nitrogens is 1. The first-order chi connectivity index (χ1) is 10.9. The van der Waals surface area contributed by atoms with Crippen LogP contribution in [-0.4, -0.2) is 23.0 Å². The highest BCUT2D eigenvalue weighted by Crippen LogP contribution is 2.17. The predicted molar refractivity (Wildman–Crippen MR) is 86.5 cm³/mol. The summed E-state index contributed by atoms with van der Waals surface area (Å²) in [6, 6.07) is 9.83. The van der Waals surface area contributed by atoms with Gasteiger partial charge >= 0.3 is 5.97 Å². The summed E-state index contributed by atoms with van der Waals surface area (Å²) in [5.41, 5.74) is 2.19. The highest BCUT2D eigenvalue weighted by molar-refractivity contribution is 5.97. The number of aromatic amines is 1. The number of aryl methyl sites for hydroxylation is 2. The summed E-state index contributed by atoms with van der Waals surface area (Å²) in [7, 11) is 0. The van der Waals surface area contributed by atoms with E-state index in [2.05, 4.69) is 10.3 Å². The van der Waals surface area contributed by atoms with E-state index in [1.807, 2.05) is 32.0 Å². The van der Waals surface area contributed by atoms with Crippen LogP contribution < -0.4 is 10.9 Å². The van der Waals surface area contributed by atoms with Gasteiger partial charge in [-0.1, -0.05) is 18.2 Å². The van der Waals surface area contributed by atoms with Crippen molar-refractivity contribution in [1.82, 2.24) is 4.98 Å². The second-order valence-electron chi connectivity index (χ2n) is 5.28. The minimum Gasteiger partial charge on any atom is -0.448 e. The summed E-state index contributed by atoms with van der Waals surface area (Å²) in [5.74, 6) is -1.20. The number of esters is 1. The van der Waals surface area contributed by atoms with Gasteiger partial charge < -0.3 is 15.0 Å². The topological polar surface area (TPSA) is 88.3 Å². The van der Waals surface area contributed by atoms with Gasteiger partial charge in [0.15, 0.2) is 6.10 Å². The van der Waals surface area contributed by atoms with Gasteiger partial charge in [-0.25, -0.2) is 4.79 Å². The van der Waals surface area contributed by atoms with Crippen molar-refractivity contribution in [2.24, 2.45) is 0 Å². The Balaban J connectivity index is 2.04. The number of amides is 1. The molecule has 0 saturated heterocycles. The monoisotopic (exact) mass is 314 g/mol. The van der Waals surface area contributed by atoms with Crippen LogP contribution in [0.4, 0.5) is 5.69 Å². The maximum Gasteiger partial charge on any atom is 0.355 e. The van der Waals surface area contributed by atoms with Crippen LogP contribution in [0.3, 0.4) is 0 Å². The largest absolute Gasteiger partial charge is 0.448 e. The zero-order chi connectivity index (χ0) is 17.0. The van der Waals surface area contributed by atoms with Gasteiger partial charge in [0.1, 0.15) is 5.69 Å². The predicted octanol–water partition coefficient (Wildman–Crippen LogP) is 2.18. The van der Waals surface area contributed by atoms with Gasteiger partial charge in [0, 0.05) is 11.8 Å².